The molecule has 0 radical (unpaired) electrons. The number of aromatic amines is 2. The molecule has 0 amide bonds. The number of halogens is 1. The highest BCUT2D eigenvalue weighted by Crippen LogP contribution is 2.47. The molecule has 3 rings (SSSR count). The van der Waals surface area contributed by atoms with Crippen LogP contribution in [-0.2, 0) is 0 Å². The third kappa shape index (κ3) is 2.33. The standard InChI is InChI=1S/C15H19BrN2O2/c1-15(5-3-2-4-6-15)13(19)9-7-11-12(8-10(9)16)18-14(20)17-11/h7-8,13,19H,2-6H2,1H3,(H2,17,18,20). The van der Waals surface area contributed by atoms with Crippen LogP contribution in [0.4, 0.5) is 0 Å². The van der Waals surface area contributed by atoms with Crippen LogP contribution in [0.5, 0.6) is 0 Å². The second-order valence-electron chi connectivity index (χ2n) is 6.12. The van der Waals surface area contributed by atoms with Crippen molar-refractivity contribution in [3.05, 3.63) is 32.7 Å². The minimum absolute atomic E-state index is 0.0783. The maximum atomic E-state index is 11.4. The number of aliphatic hydroxyl groups is 1. The Balaban J connectivity index is 2.03. The van der Waals surface area contributed by atoms with E-state index in [0.717, 1.165) is 33.9 Å². The van der Waals surface area contributed by atoms with E-state index in [1.165, 1.54) is 19.3 Å². The maximum Gasteiger partial charge on any atom is 0.323 e. The molecule has 1 fully saturated rings. The van der Waals surface area contributed by atoms with Gasteiger partial charge in [0.1, 0.15) is 0 Å². The molecule has 3 N–H and O–H groups in total. The van der Waals surface area contributed by atoms with E-state index in [0.29, 0.717) is 0 Å². The van der Waals surface area contributed by atoms with Gasteiger partial charge in [-0.2, -0.15) is 0 Å². The lowest BCUT2D eigenvalue weighted by Gasteiger charge is -2.38. The maximum absolute atomic E-state index is 11.4. The van der Waals surface area contributed by atoms with Crippen molar-refractivity contribution in [1.29, 1.82) is 0 Å². The first-order valence-electron chi connectivity index (χ1n) is 7.09. The Bertz CT molecular complexity index is 683. The lowest BCUT2D eigenvalue weighted by molar-refractivity contribution is 0.00779. The zero-order chi connectivity index (χ0) is 14.3. The lowest BCUT2D eigenvalue weighted by atomic mass is 9.70. The highest BCUT2D eigenvalue weighted by atomic mass is 79.9. The molecular formula is C15H19BrN2O2. The first kappa shape index (κ1) is 13.9. The van der Waals surface area contributed by atoms with Gasteiger partial charge in [-0.1, -0.05) is 42.1 Å². The molecule has 2 aromatic rings. The summed E-state index contributed by atoms with van der Waals surface area (Å²) in [5, 5.41) is 10.8. The lowest BCUT2D eigenvalue weighted by Crippen LogP contribution is -2.28. The number of aliphatic hydroxyl groups excluding tert-OH is 1. The summed E-state index contributed by atoms with van der Waals surface area (Å²) in [4.78, 5) is 16.8. The van der Waals surface area contributed by atoms with Gasteiger partial charge in [0, 0.05) is 4.47 Å². The molecule has 108 valence electrons. The van der Waals surface area contributed by atoms with Gasteiger partial charge < -0.3 is 15.1 Å². The third-order valence-electron chi connectivity index (χ3n) is 4.58. The number of aromatic nitrogens is 2. The molecule has 1 aliphatic rings. The average Bonchev–Trinajstić information content (AvgIpc) is 2.77. The highest BCUT2D eigenvalue weighted by molar-refractivity contribution is 9.10. The molecule has 1 atom stereocenters. The van der Waals surface area contributed by atoms with E-state index in [2.05, 4.69) is 32.8 Å². The van der Waals surface area contributed by atoms with Crippen LogP contribution >= 0.6 is 15.9 Å². The van der Waals surface area contributed by atoms with Crippen LogP contribution in [-0.4, -0.2) is 15.1 Å². The van der Waals surface area contributed by atoms with Crippen LogP contribution in [0, 0.1) is 5.41 Å². The molecule has 1 unspecified atom stereocenters. The fourth-order valence-corrected chi connectivity index (χ4v) is 3.85. The SMILES string of the molecule is CC1(C(O)c2cc3[nH]c(=O)[nH]c3cc2Br)CCCCC1. The normalized spacial score (nSPS) is 20.1. The van der Waals surface area contributed by atoms with Crippen molar-refractivity contribution in [3.8, 4) is 0 Å². The van der Waals surface area contributed by atoms with Crippen molar-refractivity contribution in [1.82, 2.24) is 9.97 Å². The first-order valence-corrected chi connectivity index (χ1v) is 7.88. The molecular weight excluding hydrogens is 320 g/mol. The van der Waals surface area contributed by atoms with E-state index < -0.39 is 6.10 Å². The van der Waals surface area contributed by atoms with Gasteiger partial charge in [-0.25, -0.2) is 4.79 Å². The van der Waals surface area contributed by atoms with Crippen LogP contribution in [0.3, 0.4) is 0 Å². The molecule has 1 aromatic carbocycles. The Morgan fingerprint density at radius 3 is 2.45 bits per heavy atom. The number of hydrogen-bond acceptors (Lipinski definition) is 2. The summed E-state index contributed by atoms with van der Waals surface area (Å²) in [6, 6.07) is 3.74. The summed E-state index contributed by atoms with van der Waals surface area (Å²) in [5.74, 6) is 0. The summed E-state index contributed by atoms with van der Waals surface area (Å²) >= 11 is 3.52. The zero-order valence-corrected chi connectivity index (χ0v) is 13.1. The van der Waals surface area contributed by atoms with Crippen LogP contribution in [0.1, 0.15) is 50.7 Å². The molecule has 1 saturated carbocycles. The topological polar surface area (TPSA) is 68.9 Å². The van der Waals surface area contributed by atoms with Gasteiger partial charge in [-0.15, -0.1) is 0 Å². The fourth-order valence-electron chi connectivity index (χ4n) is 3.29. The summed E-state index contributed by atoms with van der Waals surface area (Å²) in [7, 11) is 0. The Morgan fingerprint density at radius 2 is 1.80 bits per heavy atom. The van der Waals surface area contributed by atoms with Crippen LogP contribution < -0.4 is 5.69 Å². The second-order valence-corrected chi connectivity index (χ2v) is 6.97. The van der Waals surface area contributed by atoms with E-state index in [1.807, 2.05) is 12.1 Å². The van der Waals surface area contributed by atoms with Crippen molar-refractivity contribution in [2.45, 2.75) is 45.1 Å². The van der Waals surface area contributed by atoms with Gasteiger partial charge in [0.15, 0.2) is 0 Å². The highest BCUT2D eigenvalue weighted by Gasteiger charge is 2.36. The molecule has 0 spiro atoms. The number of nitrogens with one attached hydrogen (secondary N) is 2. The van der Waals surface area contributed by atoms with Gasteiger partial charge in [0.25, 0.3) is 0 Å². The number of imidazole rings is 1. The van der Waals surface area contributed by atoms with Crippen LogP contribution in [0.25, 0.3) is 11.0 Å². The van der Waals surface area contributed by atoms with Crippen molar-refractivity contribution in [2.24, 2.45) is 5.41 Å². The van der Waals surface area contributed by atoms with E-state index in [9.17, 15) is 9.90 Å². The molecule has 5 heteroatoms. The molecule has 1 heterocycles. The van der Waals surface area contributed by atoms with Gasteiger partial charge in [-0.3, -0.25) is 0 Å². The molecule has 0 bridgehead atoms. The smallest absolute Gasteiger partial charge is 0.323 e. The van der Waals surface area contributed by atoms with Crippen LogP contribution in [0.15, 0.2) is 21.4 Å². The Hall–Kier alpha value is -1.07. The van der Waals surface area contributed by atoms with Gasteiger partial charge >= 0.3 is 5.69 Å². The summed E-state index contributed by atoms with van der Waals surface area (Å²) in [6.07, 6.45) is 5.18. The number of fused-ring (bicyclic) bond motifs is 1. The van der Waals surface area contributed by atoms with Crippen molar-refractivity contribution in [2.75, 3.05) is 0 Å². The van der Waals surface area contributed by atoms with Gasteiger partial charge in [0.05, 0.1) is 17.1 Å². The average molecular weight is 339 g/mol. The molecule has 1 aromatic heterocycles. The number of hydrogen-bond donors (Lipinski definition) is 3. The van der Waals surface area contributed by atoms with Gasteiger partial charge in [-0.05, 0) is 36.0 Å². The first-order chi connectivity index (χ1) is 9.49. The molecule has 0 aliphatic heterocycles. The third-order valence-corrected chi connectivity index (χ3v) is 5.27. The monoisotopic (exact) mass is 338 g/mol. The van der Waals surface area contributed by atoms with Gasteiger partial charge in [0.2, 0.25) is 0 Å². The predicted molar refractivity (Wildman–Crippen MR) is 82.8 cm³/mol. The quantitative estimate of drug-likeness (QED) is 0.782. The predicted octanol–water partition coefficient (Wildman–Crippen LogP) is 3.62. The largest absolute Gasteiger partial charge is 0.388 e. The van der Waals surface area contributed by atoms with Crippen LogP contribution in [0.2, 0.25) is 0 Å². The Morgan fingerprint density at radius 1 is 1.20 bits per heavy atom. The molecule has 20 heavy (non-hydrogen) atoms. The zero-order valence-electron chi connectivity index (χ0n) is 11.5. The number of benzene rings is 1. The molecule has 0 saturated heterocycles. The number of H-pyrrole nitrogens is 2. The summed E-state index contributed by atoms with van der Waals surface area (Å²) < 4.78 is 0.847. The minimum Gasteiger partial charge on any atom is -0.388 e. The van der Waals surface area contributed by atoms with E-state index in [-0.39, 0.29) is 11.1 Å². The van der Waals surface area contributed by atoms with Crippen molar-refractivity contribution in [3.63, 3.8) is 0 Å². The summed E-state index contributed by atoms with van der Waals surface area (Å²) in [5.41, 5.74) is 2.06. The minimum atomic E-state index is -0.514. The fraction of sp³-hybridized carbons (Fsp3) is 0.533. The van der Waals surface area contributed by atoms with Crippen molar-refractivity contribution < 1.29 is 5.11 Å². The van der Waals surface area contributed by atoms with Crippen molar-refractivity contribution >= 4 is 27.0 Å². The van der Waals surface area contributed by atoms with E-state index >= 15 is 0 Å². The van der Waals surface area contributed by atoms with E-state index in [4.69, 9.17) is 0 Å². The summed E-state index contributed by atoms with van der Waals surface area (Å²) in [6.45, 7) is 2.16. The Kier molecular flexibility index (Phi) is 3.50. The number of rotatable bonds is 2. The Labute approximate surface area is 125 Å². The molecule has 1 aliphatic carbocycles. The second kappa shape index (κ2) is 5.04. The molecule has 4 nitrogen and oxygen atoms in total. The van der Waals surface area contributed by atoms with E-state index in [1.54, 1.807) is 0 Å².